The smallest absolute Gasteiger partial charge is 0.445 e. The molecule has 26 heavy (non-hydrogen) atoms. The molecule has 2 aromatic carbocycles. The molecule has 0 amide bonds. The van der Waals surface area contributed by atoms with Crippen molar-refractivity contribution >= 4 is 13.6 Å². The molecule has 1 atom stereocenters. The van der Waals surface area contributed by atoms with Crippen molar-refractivity contribution in [1.29, 1.82) is 0 Å². The minimum absolute atomic E-state index is 0.198. The van der Waals surface area contributed by atoms with Crippen LogP contribution in [0.4, 0.5) is 0 Å². The van der Waals surface area contributed by atoms with Crippen LogP contribution in [0, 0.1) is 13.8 Å². The second-order valence-corrected chi connectivity index (χ2v) is 8.00. The molecule has 0 aliphatic carbocycles. The van der Waals surface area contributed by atoms with E-state index in [4.69, 9.17) is 13.8 Å². The largest absolute Gasteiger partial charge is 0.465 e. The van der Waals surface area contributed by atoms with Crippen LogP contribution in [0.2, 0.25) is 0 Å². The van der Waals surface area contributed by atoms with Gasteiger partial charge in [-0.3, -0.25) is 4.79 Å². The number of esters is 1. The first-order chi connectivity index (χ1) is 12.4. The van der Waals surface area contributed by atoms with Crippen molar-refractivity contribution in [2.24, 2.45) is 0 Å². The minimum Gasteiger partial charge on any atom is -0.465 e. The molecule has 0 aliphatic rings. The van der Waals surface area contributed by atoms with Crippen molar-refractivity contribution in [2.45, 2.75) is 39.8 Å². The summed E-state index contributed by atoms with van der Waals surface area (Å²) >= 11 is 0. The van der Waals surface area contributed by atoms with Gasteiger partial charge in [0.15, 0.2) is 5.66 Å². The summed E-state index contributed by atoms with van der Waals surface area (Å²) < 4.78 is 30.6. The number of carbonyl (C=O) groups excluding carboxylic acids is 1. The summed E-state index contributed by atoms with van der Waals surface area (Å²) in [5.74, 6) is 0.264. The van der Waals surface area contributed by atoms with Crippen molar-refractivity contribution in [3.05, 3.63) is 59.7 Å². The highest BCUT2D eigenvalue weighted by atomic mass is 31.2. The maximum atomic E-state index is 13.8. The first-order valence-corrected chi connectivity index (χ1v) is 10.3. The monoisotopic (exact) mass is 376 g/mol. The van der Waals surface area contributed by atoms with Crippen molar-refractivity contribution in [3.63, 3.8) is 0 Å². The van der Waals surface area contributed by atoms with Gasteiger partial charge in [-0.1, -0.05) is 43.3 Å². The maximum absolute atomic E-state index is 13.8. The van der Waals surface area contributed by atoms with Gasteiger partial charge in [-0.05, 0) is 50.5 Å². The molecule has 1 unspecified atom stereocenters. The fraction of sp³-hybridized carbons (Fsp3) is 0.350. The van der Waals surface area contributed by atoms with Gasteiger partial charge in [0.05, 0.1) is 6.61 Å². The van der Waals surface area contributed by atoms with Gasteiger partial charge in [0.1, 0.15) is 11.5 Å². The van der Waals surface area contributed by atoms with E-state index in [1.807, 2.05) is 38.1 Å². The average Bonchev–Trinajstić information content (AvgIpc) is 2.60. The summed E-state index contributed by atoms with van der Waals surface area (Å²) in [4.78, 5) is 12.4. The highest BCUT2D eigenvalue weighted by molar-refractivity contribution is 7.56. The molecule has 0 bridgehead atoms. The van der Waals surface area contributed by atoms with E-state index >= 15 is 0 Å². The number of para-hydroxylation sites is 2. The molecule has 0 saturated heterocycles. The molecule has 0 aromatic heterocycles. The topological polar surface area (TPSA) is 61.8 Å². The van der Waals surface area contributed by atoms with Gasteiger partial charge >= 0.3 is 13.6 Å². The van der Waals surface area contributed by atoms with Crippen LogP contribution < -0.4 is 9.05 Å². The average molecular weight is 376 g/mol. The summed E-state index contributed by atoms with van der Waals surface area (Å²) in [6.45, 7) is 7.36. The Morgan fingerprint density at radius 1 is 0.923 bits per heavy atom. The van der Waals surface area contributed by atoms with Crippen LogP contribution in [-0.4, -0.2) is 18.2 Å². The fourth-order valence-corrected chi connectivity index (χ4v) is 4.53. The minimum atomic E-state index is -3.89. The normalized spacial score (nSPS) is 12.3. The zero-order valence-electron chi connectivity index (χ0n) is 15.6. The van der Waals surface area contributed by atoms with Gasteiger partial charge < -0.3 is 13.8 Å². The Morgan fingerprint density at radius 2 is 1.38 bits per heavy atom. The quantitative estimate of drug-likeness (QED) is 0.462. The van der Waals surface area contributed by atoms with Gasteiger partial charge in [-0.2, -0.15) is 0 Å². The molecule has 0 N–H and O–H groups in total. The second-order valence-electron chi connectivity index (χ2n) is 5.93. The molecular formula is C20H25O5P. The molecule has 2 aromatic rings. The van der Waals surface area contributed by atoms with Crippen LogP contribution in [0.15, 0.2) is 48.5 Å². The van der Waals surface area contributed by atoms with Crippen LogP contribution in [-0.2, 0) is 14.1 Å². The predicted octanol–water partition coefficient (Wildman–Crippen LogP) is 5.30. The zero-order chi connectivity index (χ0) is 19.2. The number of hydrogen-bond acceptors (Lipinski definition) is 5. The molecule has 140 valence electrons. The van der Waals surface area contributed by atoms with Gasteiger partial charge in [-0.25, -0.2) is 4.57 Å². The van der Waals surface area contributed by atoms with Crippen LogP contribution >= 0.6 is 7.60 Å². The Morgan fingerprint density at radius 3 is 1.77 bits per heavy atom. The molecule has 0 heterocycles. The SMILES string of the molecule is CCOC(=O)C(CC)P(=O)(Oc1ccccc1C)Oc1ccccc1C. The molecule has 6 heteroatoms. The molecule has 0 aliphatic heterocycles. The third kappa shape index (κ3) is 4.67. The van der Waals surface area contributed by atoms with Crippen molar-refractivity contribution in [1.82, 2.24) is 0 Å². The Kier molecular flexibility index (Phi) is 6.87. The maximum Gasteiger partial charge on any atom is 0.445 e. The van der Waals surface area contributed by atoms with E-state index in [-0.39, 0.29) is 13.0 Å². The van der Waals surface area contributed by atoms with Crippen molar-refractivity contribution in [2.75, 3.05) is 6.61 Å². The Bertz CT molecular complexity index is 751. The summed E-state index contributed by atoms with van der Waals surface area (Å²) in [7, 11) is -3.89. The standard InChI is InChI=1S/C20H25O5P/c1-5-19(20(21)23-6-2)26(22,24-17-13-9-7-11-15(17)3)25-18-14-10-8-12-16(18)4/h7-14,19H,5-6H2,1-4H3. The molecule has 2 rings (SSSR count). The van der Waals surface area contributed by atoms with E-state index in [2.05, 4.69) is 0 Å². The van der Waals surface area contributed by atoms with Crippen molar-refractivity contribution in [3.8, 4) is 11.5 Å². The third-order valence-electron chi connectivity index (χ3n) is 3.97. The van der Waals surface area contributed by atoms with E-state index < -0.39 is 19.2 Å². The summed E-state index contributed by atoms with van der Waals surface area (Å²) in [6, 6.07) is 14.4. The Hall–Kier alpha value is -2.26. The summed E-state index contributed by atoms with van der Waals surface area (Å²) in [5, 5.41) is 0. The van der Waals surface area contributed by atoms with Crippen molar-refractivity contribution < 1.29 is 23.1 Å². The van der Waals surface area contributed by atoms with Gasteiger partial charge in [0.25, 0.3) is 0 Å². The molecule has 0 saturated carbocycles. The van der Waals surface area contributed by atoms with Crippen LogP contribution in [0.3, 0.4) is 0 Å². The van der Waals surface area contributed by atoms with Gasteiger partial charge in [0, 0.05) is 0 Å². The molecule has 0 spiro atoms. The number of hydrogen-bond donors (Lipinski definition) is 0. The van der Waals surface area contributed by atoms with E-state index in [0.29, 0.717) is 11.5 Å². The molecular weight excluding hydrogens is 351 g/mol. The lowest BCUT2D eigenvalue weighted by atomic mass is 10.2. The van der Waals surface area contributed by atoms with E-state index in [1.165, 1.54) is 0 Å². The molecule has 5 nitrogen and oxygen atoms in total. The summed E-state index contributed by atoms with van der Waals surface area (Å²) in [6.07, 6.45) is 0.272. The first kappa shape index (κ1) is 20.1. The van der Waals surface area contributed by atoms with E-state index in [1.54, 1.807) is 38.1 Å². The first-order valence-electron chi connectivity index (χ1n) is 8.68. The number of ether oxygens (including phenoxy) is 1. The fourth-order valence-electron chi connectivity index (χ4n) is 2.50. The Labute approximate surface area is 154 Å². The number of rotatable bonds is 8. The molecule has 0 fully saturated rings. The zero-order valence-corrected chi connectivity index (χ0v) is 16.5. The molecule has 0 radical (unpaired) electrons. The highest BCUT2D eigenvalue weighted by Crippen LogP contribution is 2.55. The van der Waals surface area contributed by atoms with E-state index in [0.717, 1.165) is 11.1 Å². The lowest BCUT2D eigenvalue weighted by molar-refractivity contribution is -0.143. The third-order valence-corrected chi connectivity index (χ3v) is 6.21. The lowest BCUT2D eigenvalue weighted by Crippen LogP contribution is -2.27. The second kappa shape index (κ2) is 8.91. The van der Waals surface area contributed by atoms with Crippen LogP contribution in [0.1, 0.15) is 31.4 Å². The Balaban J connectivity index is 2.46. The number of benzene rings is 2. The lowest BCUT2D eigenvalue weighted by Gasteiger charge is -2.26. The highest BCUT2D eigenvalue weighted by Gasteiger charge is 2.44. The van der Waals surface area contributed by atoms with E-state index in [9.17, 15) is 9.36 Å². The number of carbonyl (C=O) groups is 1. The number of aryl methyl sites for hydroxylation is 2. The summed E-state index contributed by atoms with van der Waals surface area (Å²) in [5.41, 5.74) is 0.598. The van der Waals surface area contributed by atoms with Crippen LogP contribution in [0.5, 0.6) is 11.5 Å². The predicted molar refractivity (Wildman–Crippen MR) is 102 cm³/mol. The van der Waals surface area contributed by atoms with Gasteiger partial charge in [0.2, 0.25) is 0 Å². The van der Waals surface area contributed by atoms with Gasteiger partial charge in [-0.15, -0.1) is 0 Å². The van der Waals surface area contributed by atoms with Crippen LogP contribution in [0.25, 0.3) is 0 Å².